The van der Waals surface area contributed by atoms with Gasteiger partial charge in [-0.25, -0.2) is 0 Å². The van der Waals surface area contributed by atoms with Crippen LogP contribution in [0.1, 0.15) is 6.42 Å². The largest absolute Gasteiger partial charge is 0.389 e. The van der Waals surface area contributed by atoms with Gasteiger partial charge in [0.1, 0.15) is 0 Å². The molecular formula is C14H13ClN2. The molecule has 0 radical (unpaired) electrons. The van der Waals surface area contributed by atoms with E-state index in [0.717, 1.165) is 16.7 Å². The van der Waals surface area contributed by atoms with Crippen LogP contribution in [0.3, 0.4) is 0 Å². The zero-order valence-corrected chi connectivity index (χ0v) is 10.3. The summed E-state index contributed by atoms with van der Waals surface area (Å²) in [7, 11) is 1.96. The van der Waals surface area contributed by atoms with Gasteiger partial charge in [-0.1, -0.05) is 23.7 Å². The molecule has 3 heteroatoms. The molecule has 0 aliphatic carbocycles. The van der Waals surface area contributed by atoms with Gasteiger partial charge < -0.3 is 10.2 Å². The summed E-state index contributed by atoms with van der Waals surface area (Å²) in [6, 6.07) is 5.98. The van der Waals surface area contributed by atoms with Crippen molar-refractivity contribution in [3.8, 4) is 0 Å². The predicted molar refractivity (Wildman–Crippen MR) is 71.3 cm³/mol. The van der Waals surface area contributed by atoms with E-state index in [9.17, 15) is 0 Å². The zero-order chi connectivity index (χ0) is 11.8. The lowest BCUT2D eigenvalue weighted by Crippen LogP contribution is -2.34. The Labute approximate surface area is 105 Å². The third kappa shape index (κ3) is 1.75. The van der Waals surface area contributed by atoms with Gasteiger partial charge >= 0.3 is 0 Å². The third-order valence-electron chi connectivity index (χ3n) is 3.10. The molecule has 86 valence electrons. The Hall–Kier alpha value is -1.67. The predicted octanol–water partition coefficient (Wildman–Crippen LogP) is 1.52. The number of fused-ring (bicyclic) bond motifs is 2. The summed E-state index contributed by atoms with van der Waals surface area (Å²) in [5.74, 6) is 0. The topological polar surface area (TPSA) is 15.3 Å². The Kier molecular flexibility index (Phi) is 2.45. The Morgan fingerprint density at radius 3 is 3.00 bits per heavy atom. The van der Waals surface area contributed by atoms with Crippen LogP contribution in [-0.2, 0) is 0 Å². The molecule has 2 nitrogen and oxygen atoms in total. The number of halogens is 1. The summed E-state index contributed by atoms with van der Waals surface area (Å²) in [5.41, 5.74) is 2.45. The van der Waals surface area contributed by atoms with Crippen LogP contribution < -0.4 is 15.8 Å². The molecule has 2 aliphatic rings. The van der Waals surface area contributed by atoms with Crippen LogP contribution in [0.5, 0.6) is 0 Å². The highest BCUT2D eigenvalue weighted by Gasteiger charge is 2.14. The second kappa shape index (κ2) is 3.97. The fourth-order valence-electron chi connectivity index (χ4n) is 2.22. The minimum atomic E-state index is 0.774. The molecule has 0 atom stereocenters. The zero-order valence-electron chi connectivity index (χ0n) is 9.57. The highest BCUT2D eigenvalue weighted by atomic mass is 35.5. The molecule has 0 unspecified atom stereocenters. The quantitative estimate of drug-likeness (QED) is 0.806. The summed E-state index contributed by atoms with van der Waals surface area (Å²) in [4.78, 5) is 2.13. The van der Waals surface area contributed by atoms with Gasteiger partial charge in [-0.05, 0) is 28.6 Å². The average molecular weight is 245 g/mol. The van der Waals surface area contributed by atoms with Gasteiger partial charge in [0.2, 0.25) is 0 Å². The molecule has 3 rings (SSSR count). The fraction of sp³-hybridized carbons (Fsp3) is 0.143. The van der Waals surface area contributed by atoms with Crippen molar-refractivity contribution in [3.05, 3.63) is 57.3 Å². The monoisotopic (exact) mass is 244 g/mol. The van der Waals surface area contributed by atoms with Crippen LogP contribution in [-0.4, -0.2) is 11.9 Å². The number of nitrogens with zero attached hydrogens (tertiary/aromatic N) is 1. The third-order valence-corrected chi connectivity index (χ3v) is 3.33. The van der Waals surface area contributed by atoms with Crippen molar-refractivity contribution >= 4 is 23.9 Å². The van der Waals surface area contributed by atoms with Crippen LogP contribution in [0, 0.1) is 0 Å². The van der Waals surface area contributed by atoms with Crippen LogP contribution in [0.4, 0.5) is 0 Å². The molecule has 2 heterocycles. The van der Waals surface area contributed by atoms with Crippen molar-refractivity contribution in [2.75, 3.05) is 7.05 Å². The molecule has 2 aliphatic heterocycles. The Morgan fingerprint density at radius 1 is 1.29 bits per heavy atom. The standard InChI is InChI=1S/C14H13ClN2/c1-16-13-3-2-6-17-9-11-7-12(15)5-4-10(11)8-14(13)17/h2,4-9,16H,3H2,1H3. The number of hydrogen-bond donors (Lipinski definition) is 1. The lowest BCUT2D eigenvalue weighted by atomic mass is 10.1. The lowest BCUT2D eigenvalue weighted by Gasteiger charge is -2.26. The number of rotatable bonds is 1. The maximum atomic E-state index is 6.01. The van der Waals surface area contributed by atoms with E-state index in [1.807, 2.05) is 19.2 Å². The maximum absolute atomic E-state index is 6.01. The Balaban J connectivity index is 2.26. The number of benzene rings is 1. The van der Waals surface area contributed by atoms with Crippen molar-refractivity contribution in [1.29, 1.82) is 0 Å². The first kappa shape index (κ1) is 10.5. The van der Waals surface area contributed by atoms with Crippen LogP contribution >= 0.6 is 11.6 Å². The van der Waals surface area contributed by atoms with E-state index in [4.69, 9.17) is 11.6 Å². The summed E-state index contributed by atoms with van der Waals surface area (Å²) in [6.07, 6.45) is 9.51. The first-order chi connectivity index (χ1) is 8.28. The van der Waals surface area contributed by atoms with E-state index < -0.39 is 0 Å². The molecule has 0 aromatic heterocycles. The number of allylic oxidation sites excluding steroid dienone is 2. The van der Waals surface area contributed by atoms with Crippen LogP contribution in [0.25, 0.3) is 12.3 Å². The van der Waals surface area contributed by atoms with E-state index in [-0.39, 0.29) is 0 Å². The number of hydrogen-bond acceptors (Lipinski definition) is 2. The second-order valence-corrected chi connectivity index (χ2v) is 4.59. The van der Waals surface area contributed by atoms with E-state index in [1.165, 1.54) is 16.6 Å². The summed E-state index contributed by atoms with van der Waals surface area (Å²) in [5, 5.41) is 6.40. The normalized spacial score (nSPS) is 16.9. The molecule has 1 aromatic rings. The Bertz CT molecular complexity index is 641. The van der Waals surface area contributed by atoms with Gasteiger partial charge in [0.05, 0.1) is 5.70 Å². The molecule has 1 aromatic carbocycles. The summed E-state index contributed by atoms with van der Waals surface area (Å²) >= 11 is 6.01. The van der Waals surface area contributed by atoms with E-state index >= 15 is 0 Å². The van der Waals surface area contributed by atoms with Crippen molar-refractivity contribution in [3.63, 3.8) is 0 Å². The molecule has 0 amide bonds. The van der Waals surface area contributed by atoms with Gasteiger partial charge in [-0.2, -0.15) is 0 Å². The van der Waals surface area contributed by atoms with Gasteiger partial charge in [0, 0.05) is 36.6 Å². The minimum Gasteiger partial charge on any atom is -0.389 e. The smallest absolute Gasteiger partial charge is 0.0649 e. The van der Waals surface area contributed by atoms with Crippen molar-refractivity contribution in [1.82, 2.24) is 10.2 Å². The van der Waals surface area contributed by atoms with Gasteiger partial charge in [-0.3, -0.25) is 0 Å². The van der Waals surface area contributed by atoms with E-state index in [0.29, 0.717) is 0 Å². The highest BCUT2D eigenvalue weighted by Crippen LogP contribution is 2.21. The Morgan fingerprint density at radius 2 is 2.18 bits per heavy atom. The molecule has 0 fully saturated rings. The molecule has 0 spiro atoms. The average Bonchev–Trinajstić information content (AvgIpc) is 2.35. The molecule has 0 saturated carbocycles. The van der Waals surface area contributed by atoms with Crippen molar-refractivity contribution in [2.45, 2.75) is 6.42 Å². The van der Waals surface area contributed by atoms with Gasteiger partial charge in [0.15, 0.2) is 0 Å². The first-order valence-corrected chi connectivity index (χ1v) is 6.01. The van der Waals surface area contributed by atoms with Crippen molar-refractivity contribution < 1.29 is 0 Å². The van der Waals surface area contributed by atoms with Crippen LogP contribution in [0.15, 0.2) is 41.9 Å². The fourth-order valence-corrected chi connectivity index (χ4v) is 2.40. The summed E-state index contributed by atoms with van der Waals surface area (Å²) in [6.45, 7) is 0. The SMILES string of the molecule is CNC1=C2C=c3ccc(Cl)cc3=CN2C=CC1. The van der Waals surface area contributed by atoms with E-state index in [1.54, 1.807) is 0 Å². The van der Waals surface area contributed by atoms with Gasteiger partial charge in [-0.15, -0.1) is 0 Å². The highest BCUT2D eigenvalue weighted by molar-refractivity contribution is 6.30. The number of nitrogens with one attached hydrogen (secondary N) is 1. The molecule has 0 bridgehead atoms. The second-order valence-electron chi connectivity index (χ2n) is 4.16. The first-order valence-electron chi connectivity index (χ1n) is 5.63. The van der Waals surface area contributed by atoms with E-state index in [2.05, 4.69) is 40.8 Å². The van der Waals surface area contributed by atoms with Crippen LogP contribution in [0.2, 0.25) is 5.02 Å². The molecule has 0 saturated heterocycles. The van der Waals surface area contributed by atoms with Crippen molar-refractivity contribution in [2.24, 2.45) is 0 Å². The summed E-state index contributed by atoms with van der Waals surface area (Å²) < 4.78 is 0. The molecule has 1 N–H and O–H groups in total. The van der Waals surface area contributed by atoms with Gasteiger partial charge in [0.25, 0.3) is 0 Å². The molecule has 17 heavy (non-hydrogen) atoms. The minimum absolute atomic E-state index is 0.774. The lowest BCUT2D eigenvalue weighted by molar-refractivity contribution is 0.656. The maximum Gasteiger partial charge on any atom is 0.0649 e. The molecular weight excluding hydrogens is 232 g/mol.